The lowest BCUT2D eigenvalue weighted by atomic mass is 10.1. The van der Waals surface area contributed by atoms with Crippen LogP contribution >= 0.6 is 0 Å². The van der Waals surface area contributed by atoms with E-state index in [1.165, 1.54) is 0 Å². The second kappa shape index (κ2) is 7.18. The molecule has 0 spiro atoms. The molecule has 0 amide bonds. The van der Waals surface area contributed by atoms with Gasteiger partial charge >= 0.3 is 11.9 Å². The van der Waals surface area contributed by atoms with E-state index in [4.69, 9.17) is 23.7 Å². The molecule has 0 aromatic rings. The lowest BCUT2D eigenvalue weighted by Gasteiger charge is -2.28. The fourth-order valence-corrected chi connectivity index (χ4v) is 2.52. The largest absolute Gasteiger partial charge is 0.454 e. The van der Waals surface area contributed by atoms with Gasteiger partial charge in [-0.25, -0.2) is 9.59 Å². The van der Waals surface area contributed by atoms with Gasteiger partial charge in [0, 0.05) is 6.08 Å². The minimum atomic E-state index is -0.778. The molecule has 8 heteroatoms. The second-order valence-corrected chi connectivity index (χ2v) is 6.50. The van der Waals surface area contributed by atoms with Crippen molar-refractivity contribution < 1.29 is 38.0 Å². The SMILES string of the molecule is C=CC(=O)OCC(=O)OC(C1COC(C)(C)O1)C1COC(C)(C)O1. The lowest BCUT2D eigenvalue weighted by molar-refractivity contribution is -0.197. The monoisotopic (exact) mass is 344 g/mol. The van der Waals surface area contributed by atoms with Crippen LogP contribution in [0.15, 0.2) is 12.7 Å². The van der Waals surface area contributed by atoms with Crippen LogP contribution in [0.25, 0.3) is 0 Å². The third-order valence-electron chi connectivity index (χ3n) is 3.56. The molecule has 0 aromatic heterocycles. The molecular weight excluding hydrogens is 320 g/mol. The minimum absolute atomic E-state index is 0.248. The molecule has 136 valence electrons. The molecule has 0 bridgehead atoms. The van der Waals surface area contributed by atoms with Crippen LogP contribution in [0.5, 0.6) is 0 Å². The van der Waals surface area contributed by atoms with Crippen molar-refractivity contribution in [2.45, 2.75) is 57.6 Å². The molecule has 2 atom stereocenters. The molecule has 2 unspecified atom stereocenters. The van der Waals surface area contributed by atoms with E-state index < -0.39 is 48.4 Å². The Kier molecular flexibility index (Phi) is 5.64. The predicted molar refractivity (Wildman–Crippen MR) is 80.8 cm³/mol. The van der Waals surface area contributed by atoms with Gasteiger partial charge in [0.15, 0.2) is 24.3 Å². The summed E-state index contributed by atoms with van der Waals surface area (Å²) in [6.07, 6.45) is -0.802. The van der Waals surface area contributed by atoms with Crippen molar-refractivity contribution in [2.24, 2.45) is 0 Å². The number of rotatable bonds is 6. The number of ether oxygens (including phenoxy) is 6. The molecule has 2 saturated heterocycles. The first-order valence-electron chi connectivity index (χ1n) is 7.74. The van der Waals surface area contributed by atoms with Crippen molar-refractivity contribution in [1.29, 1.82) is 0 Å². The Morgan fingerprint density at radius 2 is 1.62 bits per heavy atom. The summed E-state index contributed by atoms with van der Waals surface area (Å²) >= 11 is 0. The Hall–Kier alpha value is -1.48. The zero-order valence-electron chi connectivity index (χ0n) is 14.4. The second-order valence-electron chi connectivity index (χ2n) is 6.50. The third-order valence-corrected chi connectivity index (χ3v) is 3.56. The number of hydrogen-bond donors (Lipinski definition) is 0. The molecule has 0 saturated carbocycles. The van der Waals surface area contributed by atoms with Crippen LogP contribution in [-0.2, 0) is 38.0 Å². The molecule has 24 heavy (non-hydrogen) atoms. The maximum atomic E-state index is 12.0. The highest BCUT2D eigenvalue weighted by Gasteiger charge is 2.47. The van der Waals surface area contributed by atoms with E-state index in [9.17, 15) is 9.59 Å². The van der Waals surface area contributed by atoms with Crippen LogP contribution < -0.4 is 0 Å². The summed E-state index contributed by atoms with van der Waals surface area (Å²) in [6, 6.07) is 0. The summed E-state index contributed by atoms with van der Waals surface area (Å²) in [5.41, 5.74) is 0. The maximum absolute atomic E-state index is 12.0. The van der Waals surface area contributed by atoms with Crippen molar-refractivity contribution >= 4 is 11.9 Å². The summed E-state index contributed by atoms with van der Waals surface area (Å²) in [7, 11) is 0. The van der Waals surface area contributed by atoms with Gasteiger partial charge in [0.25, 0.3) is 0 Å². The van der Waals surface area contributed by atoms with E-state index in [-0.39, 0.29) is 13.2 Å². The molecule has 2 rings (SSSR count). The Bertz CT molecular complexity index is 472. The normalized spacial score (nSPS) is 29.0. The molecule has 0 N–H and O–H groups in total. The predicted octanol–water partition coefficient (Wildman–Crippen LogP) is 0.930. The quantitative estimate of drug-likeness (QED) is 0.519. The summed E-state index contributed by atoms with van der Waals surface area (Å²) in [5.74, 6) is -2.97. The number of carbonyl (C=O) groups is 2. The van der Waals surface area contributed by atoms with Crippen LogP contribution in [0, 0.1) is 0 Å². The number of esters is 2. The van der Waals surface area contributed by atoms with Crippen LogP contribution in [0.1, 0.15) is 27.7 Å². The molecule has 0 radical (unpaired) electrons. The van der Waals surface area contributed by atoms with Crippen LogP contribution in [-0.4, -0.2) is 61.6 Å². The van der Waals surface area contributed by atoms with Crippen LogP contribution in [0.2, 0.25) is 0 Å². The Morgan fingerprint density at radius 3 is 2.00 bits per heavy atom. The zero-order chi connectivity index (χ0) is 18.0. The molecule has 0 aromatic carbocycles. The molecule has 0 aliphatic carbocycles. The Morgan fingerprint density at radius 1 is 1.12 bits per heavy atom. The van der Waals surface area contributed by atoms with Gasteiger partial charge in [-0.15, -0.1) is 0 Å². The van der Waals surface area contributed by atoms with Crippen LogP contribution in [0.3, 0.4) is 0 Å². The third kappa shape index (κ3) is 5.01. The van der Waals surface area contributed by atoms with E-state index in [1.807, 2.05) is 0 Å². The minimum Gasteiger partial charge on any atom is -0.454 e. The first kappa shape index (κ1) is 18.9. The van der Waals surface area contributed by atoms with Gasteiger partial charge in [-0.3, -0.25) is 0 Å². The van der Waals surface area contributed by atoms with E-state index in [2.05, 4.69) is 11.3 Å². The van der Waals surface area contributed by atoms with Gasteiger partial charge in [-0.1, -0.05) is 6.58 Å². The summed E-state index contributed by atoms with van der Waals surface area (Å²) in [6.45, 7) is 10.3. The first-order chi connectivity index (χ1) is 11.1. The van der Waals surface area contributed by atoms with Crippen molar-refractivity contribution in [3.63, 3.8) is 0 Å². The van der Waals surface area contributed by atoms with E-state index in [0.29, 0.717) is 0 Å². The average Bonchev–Trinajstić information content (AvgIpc) is 3.04. The lowest BCUT2D eigenvalue weighted by Crippen LogP contribution is -2.45. The van der Waals surface area contributed by atoms with Gasteiger partial charge in [0.2, 0.25) is 0 Å². The molecular formula is C16H24O8. The van der Waals surface area contributed by atoms with E-state index >= 15 is 0 Å². The molecule has 2 heterocycles. The molecule has 2 aliphatic heterocycles. The van der Waals surface area contributed by atoms with E-state index in [0.717, 1.165) is 6.08 Å². The zero-order valence-corrected chi connectivity index (χ0v) is 14.4. The molecule has 8 nitrogen and oxygen atoms in total. The fourth-order valence-electron chi connectivity index (χ4n) is 2.52. The van der Waals surface area contributed by atoms with Gasteiger partial charge < -0.3 is 28.4 Å². The number of hydrogen-bond acceptors (Lipinski definition) is 8. The highest BCUT2D eigenvalue weighted by Crippen LogP contribution is 2.32. The van der Waals surface area contributed by atoms with Gasteiger partial charge in [0.05, 0.1) is 13.2 Å². The van der Waals surface area contributed by atoms with Gasteiger partial charge in [-0.05, 0) is 27.7 Å². The Labute approximate surface area is 141 Å². The van der Waals surface area contributed by atoms with E-state index in [1.54, 1.807) is 27.7 Å². The van der Waals surface area contributed by atoms with Gasteiger partial charge in [-0.2, -0.15) is 0 Å². The van der Waals surface area contributed by atoms with Crippen molar-refractivity contribution in [1.82, 2.24) is 0 Å². The van der Waals surface area contributed by atoms with Crippen LogP contribution in [0.4, 0.5) is 0 Å². The van der Waals surface area contributed by atoms with Crippen molar-refractivity contribution in [3.05, 3.63) is 12.7 Å². The summed E-state index contributed by atoms with van der Waals surface area (Å²) in [4.78, 5) is 23.0. The maximum Gasteiger partial charge on any atom is 0.344 e. The fraction of sp³-hybridized carbons (Fsp3) is 0.750. The Balaban J connectivity index is 2.02. The standard InChI is InChI=1S/C16H24O8/c1-6-12(17)19-9-13(18)22-14(10-7-20-15(2,3)23-10)11-8-21-16(4,5)24-11/h6,10-11,14H,1,7-9H2,2-5H3. The highest BCUT2D eigenvalue weighted by molar-refractivity contribution is 5.83. The topological polar surface area (TPSA) is 89.5 Å². The molecule has 2 fully saturated rings. The van der Waals surface area contributed by atoms with Crippen molar-refractivity contribution in [3.8, 4) is 0 Å². The summed E-state index contributed by atoms with van der Waals surface area (Å²) in [5, 5.41) is 0. The average molecular weight is 344 g/mol. The van der Waals surface area contributed by atoms with Crippen molar-refractivity contribution in [2.75, 3.05) is 19.8 Å². The summed E-state index contributed by atoms with van der Waals surface area (Å²) < 4.78 is 32.8. The number of carbonyl (C=O) groups excluding carboxylic acids is 2. The molecule has 2 aliphatic rings. The van der Waals surface area contributed by atoms with Gasteiger partial charge in [0.1, 0.15) is 12.2 Å². The highest BCUT2D eigenvalue weighted by atomic mass is 16.8. The smallest absolute Gasteiger partial charge is 0.344 e. The first-order valence-corrected chi connectivity index (χ1v) is 7.74.